The van der Waals surface area contributed by atoms with E-state index in [1.807, 2.05) is 24.3 Å². The molecule has 0 unspecified atom stereocenters. The molecule has 1 amide bonds. The van der Waals surface area contributed by atoms with Crippen LogP contribution in [-0.4, -0.2) is 29.7 Å². The minimum absolute atomic E-state index is 0.0685. The zero-order valence-electron chi connectivity index (χ0n) is 15.4. The maximum absolute atomic E-state index is 12.4. The molecule has 140 valence electrons. The van der Waals surface area contributed by atoms with Gasteiger partial charge in [-0.3, -0.25) is 10.1 Å². The number of carbonyl (C=O) groups is 1. The van der Waals surface area contributed by atoms with Gasteiger partial charge in [-0.05, 0) is 18.9 Å². The Balaban J connectivity index is 1.59. The van der Waals surface area contributed by atoms with Crippen molar-refractivity contribution in [3.05, 3.63) is 41.5 Å². The maximum Gasteiger partial charge on any atom is 0.234 e. The van der Waals surface area contributed by atoms with E-state index in [0.717, 1.165) is 37.0 Å². The second-order valence-electron chi connectivity index (χ2n) is 6.72. The number of carbonyl (C=O) groups excluding carboxylic acids is 1. The van der Waals surface area contributed by atoms with Crippen molar-refractivity contribution in [1.82, 2.24) is 20.8 Å². The van der Waals surface area contributed by atoms with E-state index in [1.165, 1.54) is 6.42 Å². The van der Waals surface area contributed by atoms with Crippen molar-refractivity contribution in [3.8, 4) is 5.75 Å². The number of ether oxygens (including phenoxy) is 1. The number of rotatable bonds is 7. The molecular weight excluding hydrogens is 332 g/mol. The molecule has 1 aliphatic carbocycles. The summed E-state index contributed by atoms with van der Waals surface area (Å²) in [5.74, 6) is 1.91. The van der Waals surface area contributed by atoms with E-state index in [2.05, 4.69) is 20.8 Å². The number of amides is 1. The van der Waals surface area contributed by atoms with Crippen LogP contribution >= 0.6 is 0 Å². The summed E-state index contributed by atoms with van der Waals surface area (Å²) in [6.45, 7) is 2.43. The predicted octanol–water partition coefficient (Wildman–Crippen LogP) is 2.45. The van der Waals surface area contributed by atoms with Crippen LogP contribution in [0.1, 0.15) is 49.4 Å². The molecule has 0 bridgehead atoms. The van der Waals surface area contributed by atoms with Gasteiger partial charge in [0.05, 0.1) is 19.2 Å². The highest BCUT2D eigenvalue weighted by Crippen LogP contribution is 2.35. The summed E-state index contributed by atoms with van der Waals surface area (Å²) in [6, 6.07) is 7.66. The van der Waals surface area contributed by atoms with E-state index in [9.17, 15) is 4.79 Å². The van der Waals surface area contributed by atoms with E-state index < -0.39 is 0 Å². The van der Waals surface area contributed by atoms with Gasteiger partial charge in [0.2, 0.25) is 11.8 Å². The van der Waals surface area contributed by atoms with Crippen LogP contribution in [0.15, 0.2) is 28.8 Å². The topological polar surface area (TPSA) is 89.3 Å². The first-order valence-corrected chi connectivity index (χ1v) is 9.07. The van der Waals surface area contributed by atoms with Crippen molar-refractivity contribution in [2.75, 3.05) is 13.7 Å². The molecule has 1 heterocycles. The van der Waals surface area contributed by atoms with Gasteiger partial charge in [-0.2, -0.15) is 4.98 Å². The monoisotopic (exact) mass is 358 g/mol. The van der Waals surface area contributed by atoms with E-state index in [4.69, 9.17) is 9.26 Å². The Kier molecular flexibility index (Phi) is 5.88. The number of aromatic nitrogens is 2. The number of methoxy groups -OCH3 is 1. The van der Waals surface area contributed by atoms with Gasteiger partial charge in [-0.1, -0.05) is 42.6 Å². The summed E-state index contributed by atoms with van der Waals surface area (Å²) in [7, 11) is 1.63. The SMILES string of the molecule is COc1ccccc1CNC(=O)CNC1(c2noc(C)n2)CCCCC1. The van der Waals surface area contributed by atoms with Gasteiger partial charge in [0, 0.05) is 19.0 Å². The first kappa shape index (κ1) is 18.4. The second kappa shape index (κ2) is 8.31. The molecule has 7 heteroatoms. The molecule has 0 radical (unpaired) electrons. The Bertz CT molecular complexity index is 738. The molecule has 2 N–H and O–H groups in total. The maximum atomic E-state index is 12.4. The van der Waals surface area contributed by atoms with Crippen LogP contribution in [0, 0.1) is 6.92 Å². The lowest BCUT2D eigenvalue weighted by atomic mass is 9.81. The van der Waals surface area contributed by atoms with Gasteiger partial charge in [-0.15, -0.1) is 0 Å². The number of hydrogen-bond acceptors (Lipinski definition) is 6. The van der Waals surface area contributed by atoms with Gasteiger partial charge in [-0.25, -0.2) is 0 Å². The van der Waals surface area contributed by atoms with Crippen molar-refractivity contribution in [3.63, 3.8) is 0 Å². The lowest BCUT2D eigenvalue weighted by molar-refractivity contribution is -0.120. The fourth-order valence-corrected chi connectivity index (χ4v) is 3.48. The third-order valence-corrected chi connectivity index (χ3v) is 4.92. The standard InChI is InChI=1S/C19H26N4O3/c1-14-22-18(23-26-14)19(10-6-3-7-11-19)21-13-17(24)20-12-15-8-4-5-9-16(15)25-2/h4-5,8-9,21H,3,6-7,10-13H2,1-2H3,(H,20,24). The van der Waals surface area contributed by atoms with Crippen LogP contribution in [0.2, 0.25) is 0 Å². The molecule has 3 rings (SSSR count). The lowest BCUT2D eigenvalue weighted by Gasteiger charge is -2.35. The molecule has 1 saturated carbocycles. The number of nitrogens with zero attached hydrogens (tertiary/aromatic N) is 2. The zero-order valence-corrected chi connectivity index (χ0v) is 15.4. The summed E-state index contributed by atoms with van der Waals surface area (Å²) in [5.41, 5.74) is 0.571. The molecule has 7 nitrogen and oxygen atoms in total. The number of nitrogens with one attached hydrogen (secondary N) is 2. The molecule has 0 atom stereocenters. The normalized spacial score (nSPS) is 16.2. The van der Waals surface area contributed by atoms with Crippen molar-refractivity contribution in [1.29, 1.82) is 0 Å². The molecule has 1 aromatic heterocycles. The number of aryl methyl sites for hydroxylation is 1. The largest absolute Gasteiger partial charge is 0.496 e. The summed E-state index contributed by atoms with van der Waals surface area (Å²) in [4.78, 5) is 16.8. The quantitative estimate of drug-likeness (QED) is 0.790. The third kappa shape index (κ3) is 4.22. The molecule has 0 spiro atoms. The number of para-hydroxylation sites is 1. The Morgan fingerprint density at radius 2 is 2.04 bits per heavy atom. The average Bonchev–Trinajstić information content (AvgIpc) is 3.12. The fourth-order valence-electron chi connectivity index (χ4n) is 3.48. The summed E-state index contributed by atoms with van der Waals surface area (Å²) in [5, 5.41) is 10.5. The average molecular weight is 358 g/mol. The van der Waals surface area contributed by atoms with Crippen molar-refractivity contribution in [2.45, 2.75) is 51.1 Å². The van der Waals surface area contributed by atoms with Crippen LogP contribution < -0.4 is 15.4 Å². The van der Waals surface area contributed by atoms with Crippen LogP contribution in [0.25, 0.3) is 0 Å². The second-order valence-corrected chi connectivity index (χ2v) is 6.72. The van der Waals surface area contributed by atoms with Crippen LogP contribution in [0.3, 0.4) is 0 Å². The van der Waals surface area contributed by atoms with Gasteiger partial charge < -0.3 is 14.6 Å². The van der Waals surface area contributed by atoms with Gasteiger partial charge >= 0.3 is 0 Å². The molecule has 26 heavy (non-hydrogen) atoms. The van der Waals surface area contributed by atoms with Crippen molar-refractivity contribution in [2.24, 2.45) is 0 Å². The molecule has 0 saturated heterocycles. The van der Waals surface area contributed by atoms with E-state index in [0.29, 0.717) is 18.3 Å². The van der Waals surface area contributed by atoms with Crippen molar-refractivity contribution >= 4 is 5.91 Å². The Hall–Kier alpha value is -2.41. The summed E-state index contributed by atoms with van der Waals surface area (Å²) in [6.07, 6.45) is 5.19. The number of benzene rings is 1. The van der Waals surface area contributed by atoms with Gasteiger partial charge in [0.15, 0.2) is 5.82 Å². The van der Waals surface area contributed by atoms with Crippen molar-refractivity contribution < 1.29 is 14.1 Å². The Morgan fingerprint density at radius 1 is 1.27 bits per heavy atom. The highest BCUT2D eigenvalue weighted by atomic mass is 16.5. The fraction of sp³-hybridized carbons (Fsp3) is 0.526. The first-order valence-electron chi connectivity index (χ1n) is 9.07. The van der Waals surface area contributed by atoms with E-state index >= 15 is 0 Å². The Labute approximate surface area is 153 Å². The predicted molar refractivity (Wildman–Crippen MR) is 96.6 cm³/mol. The minimum Gasteiger partial charge on any atom is -0.496 e. The minimum atomic E-state index is -0.377. The van der Waals surface area contributed by atoms with Crippen LogP contribution in [0.5, 0.6) is 5.75 Å². The Morgan fingerprint density at radius 3 is 2.73 bits per heavy atom. The van der Waals surface area contributed by atoms with Gasteiger partial charge in [0.25, 0.3) is 0 Å². The zero-order chi connectivity index (χ0) is 18.4. The molecule has 1 aliphatic rings. The first-order chi connectivity index (χ1) is 12.6. The molecule has 1 fully saturated rings. The van der Waals surface area contributed by atoms with Gasteiger partial charge in [0.1, 0.15) is 5.75 Å². The van der Waals surface area contributed by atoms with E-state index in [-0.39, 0.29) is 18.0 Å². The van der Waals surface area contributed by atoms with Crippen LogP contribution in [-0.2, 0) is 16.9 Å². The summed E-state index contributed by atoms with van der Waals surface area (Å²) < 4.78 is 10.5. The van der Waals surface area contributed by atoms with E-state index in [1.54, 1.807) is 14.0 Å². The van der Waals surface area contributed by atoms with Crippen LogP contribution in [0.4, 0.5) is 0 Å². The number of hydrogen-bond donors (Lipinski definition) is 2. The lowest BCUT2D eigenvalue weighted by Crippen LogP contribution is -2.49. The molecular formula is C19H26N4O3. The molecule has 2 aromatic rings. The third-order valence-electron chi connectivity index (χ3n) is 4.92. The highest BCUT2D eigenvalue weighted by Gasteiger charge is 2.38. The molecule has 0 aliphatic heterocycles. The summed E-state index contributed by atoms with van der Waals surface area (Å²) >= 11 is 0. The smallest absolute Gasteiger partial charge is 0.234 e. The highest BCUT2D eigenvalue weighted by molar-refractivity contribution is 5.78. The molecule has 1 aromatic carbocycles.